The summed E-state index contributed by atoms with van der Waals surface area (Å²) >= 11 is 0. The number of benzene rings is 1. The van der Waals surface area contributed by atoms with Crippen molar-refractivity contribution in [3.05, 3.63) is 35.9 Å². The molecule has 0 bridgehead atoms. The molecule has 0 N–H and O–H groups in total. The Hall–Kier alpha value is -0.910. The van der Waals surface area contributed by atoms with Gasteiger partial charge in [-0.2, -0.15) is 4.31 Å². The SMILES string of the molecule is COCC1CCCN1S(=O)(=O)CCc1ccccc1. The normalized spacial score (nSPS) is 20.8. The van der Waals surface area contributed by atoms with Crippen molar-refractivity contribution in [2.24, 2.45) is 0 Å². The minimum absolute atomic E-state index is 0.0192. The van der Waals surface area contributed by atoms with E-state index < -0.39 is 10.0 Å². The fraction of sp³-hybridized carbons (Fsp3) is 0.571. The Kier molecular flexibility index (Phi) is 4.96. The third-order valence-electron chi connectivity index (χ3n) is 3.53. The van der Waals surface area contributed by atoms with Gasteiger partial charge in [-0.3, -0.25) is 0 Å². The van der Waals surface area contributed by atoms with Crippen LogP contribution in [0.4, 0.5) is 0 Å². The molecule has 0 aromatic heterocycles. The lowest BCUT2D eigenvalue weighted by Gasteiger charge is -2.23. The Morgan fingerprint density at radius 3 is 2.74 bits per heavy atom. The summed E-state index contributed by atoms with van der Waals surface area (Å²) in [5.74, 6) is 0.178. The van der Waals surface area contributed by atoms with Gasteiger partial charge < -0.3 is 4.74 Å². The summed E-state index contributed by atoms with van der Waals surface area (Å²) in [6, 6.07) is 9.76. The first kappa shape index (κ1) is 14.5. The Balaban J connectivity index is 1.98. The van der Waals surface area contributed by atoms with Gasteiger partial charge in [-0.15, -0.1) is 0 Å². The van der Waals surface area contributed by atoms with Crippen LogP contribution in [-0.2, 0) is 21.2 Å². The van der Waals surface area contributed by atoms with Gasteiger partial charge in [0.15, 0.2) is 0 Å². The van der Waals surface area contributed by atoms with Crippen LogP contribution in [0.15, 0.2) is 30.3 Å². The highest BCUT2D eigenvalue weighted by Crippen LogP contribution is 2.22. The van der Waals surface area contributed by atoms with E-state index in [1.165, 1.54) is 0 Å². The average Bonchev–Trinajstić information content (AvgIpc) is 2.87. The first-order valence-electron chi connectivity index (χ1n) is 6.66. The maximum absolute atomic E-state index is 12.4. The predicted molar refractivity (Wildman–Crippen MR) is 75.5 cm³/mol. The molecule has 106 valence electrons. The molecule has 1 aliphatic heterocycles. The summed E-state index contributed by atoms with van der Waals surface area (Å²) in [5, 5.41) is 0. The van der Waals surface area contributed by atoms with Crippen LogP contribution in [0.5, 0.6) is 0 Å². The predicted octanol–water partition coefficient (Wildman–Crippen LogP) is 1.67. The number of methoxy groups -OCH3 is 1. The summed E-state index contributed by atoms with van der Waals surface area (Å²) in [6.45, 7) is 1.12. The van der Waals surface area contributed by atoms with E-state index in [-0.39, 0.29) is 11.8 Å². The maximum Gasteiger partial charge on any atom is 0.214 e. The van der Waals surface area contributed by atoms with Crippen LogP contribution < -0.4 is 0 Å². The smallest absolute Gasteiger partial charge is 0.214 e. The van der Waals surface area contributed by atoms with Gasteiger partial charge in [0, 0.05) is 19.7 Å². The fourth-order valence-electron chi connectivity index (χ4n) is 2.54. The van der Waals surface area contributed by atoms with Gasteiger partial charge in [0.2, 0.25) is 10.0 Å². The molecule has 4 nitrogen and oxygen atoms in total. The number of aryl methyl sites for hydroxylation is 1. The second-order valence-electron chi connectivity index (χ2n) is 4.91. The van der Waals surface area contributed by atoms with Crippen molar-refractivity contribution in [3.63, 3.8) is 0 Å². The monoisotopic (exact) mass is 283 g/mol. The van der Waals surface area contributed by atoms with Crippen molar-refractivity contribution in [2.45, 2.75) is 25.3 Å². The second-order valence-corrected chi connectivity index (χ2v) is 6.95. The lowest BCUT2D eigenvalue weighted by Crippen LogP contribution is -2.39. The molecule has 1 saturated heterocycles. The molecule has 1 fully saturated rings. The van der Waals surface area contributed by atoms with E-state index in [1.807, 2.05) is 30.3 Å². The summed E-state index contributed by atoms with van der Waals surface area (Å²) in [7, 11) is -1.56. The molecule has 1 heterocycles. The van der Waals surface area contributed by atoms with Gasteiger partial charge in [-0.05, 0) is 24.8 Å². The summed E-state index contributed by atoms with van der Waals surface area (Å²) < 4.78 is 31.5. The van der Waals surface area contributed by atoms with E-state index in [0.717, 1.165) is 18.4 Å². The number of hydrogen-bond acceptors (Lipinski definition) is 3. The van der Waals surface area contributed by atoms with E-state index >= 15 is 0 Å². The molecule has 0 saturated carbocycles. The van der Waals surface area contributed by atoms with Gasteiger partial charge in [0.1, 0.15) is 0 Å². The quantitative estimate of drug-likeness (QED) is 0.798. The molecule has 19 heavy (non-hydrogen) atoms. The average molecular weight is 283 g/mol. The van der Waals surface area contributed by atoms with Crippen molar-refractivity contribution in [2.75, 3.05) is 26.0 Å². The third-order valence-corrected chi connectivity index (χ3v) is 5.45. The second kappa shape index (κ2) is 6.50. The Morgan fingerprint density at radius 1 is 1.32 bits per heavy atom. The minimum atomic E-state index is -3.18. The highest BCUT2D eigenvalue weighted by molar-refractivity contribution is 7.89. The van der Waals surface area contributed by atoms with Crippen LogP contribution in [0.1, 0.15) is 18.4 Å². The molecular weight excluding hydrogens is 262 g/mol. The standard InChI is InChI=1S/C14H21NO3S/c1-18-12-14-8-5-10-15(14)19(16,17)11-9-13-6-3-2-4-7-13/h2-4,6-7,14H,5,8-12H2,1H3. The van der Waals surface area contributed by atoms with E-state index in [1.54, 1.807) is 11.4 Å². The van der Waals surface area contributed by atoms with Gasteiger partial charge >= 0.3 is 0 Å². The molecule has 0 radical (unpaired) electrons. The number of hydrogen-bond donors (Lipinski definition) is 0. The van der Waals surface area contributed by atoms with Crippen molar-refractivity contribution < 1.29 is 13.2 Å². The molecule has 1 aliphatic rings. The summed E-state index contributed by atoms with van der Waals surface area (Å²) in [5.41, 5.74) is 1.06. The Bertz CT molecular complexity index is 487. The highest BCUT2D eigenvalue weighted by atomic mass is 32.2. The largest absolute Gasteiger partial charge is 0.383 e. The molecule has 1 unspecified atom stereocenters. The lowest BCUT2D eigenvalue weighted by atomic mass is 10.2. The molecule has 1 atom stereocenters. The number of nitrogens with zero attached hydrogens (tertiary/aromatic N) is 1. The molecule has 0 aliphatic carbocycles. The van der Waals surface area contributed by atoms with Crippen LogP contribution in [0, 0.1) is 0 Å². The van der Waals surface area contributed by atoms with Gasteiger partial charge in [-0.1, -0.05) is 30.3 Å². The molecule has 0 amide bonds. The number of sulfonamides is 1. The van der Waals surface area contributed by atoms with Gasteiger partial charge in [0.05, 0.1) is 12.4 Å². The first-order chi connectivity index (χ1) is 9.13. The van der Waals surface area contributed by atoms with Gasteiger partial charge in [-0.25, -0.2) is 8.42 Å². The van der Waals surface area contributed by atoms with E-state index in [4.69, 9.17) is 4.74 Å². The van der Waals surface area contributed by atoms with Crippen molar-refractivity contribution in [1.82, 2.24) is 4.31 Å². The van der Waals surface area contributed by atoms with Gasteiger partial charge in [0.25, 0.3) is 0 Å². The zero-order valence-electron chi connectivity index (χ0n) is 11.3. The van der Waals surface area contributed by atoms with Crippen LogP contribution in [0.2, 0.25) is 0 Å². The van der Waals surface area contributed by atoms with Crippen LogP contribution in [-0.4, -0.2) is 44.8 Å². The number of rotatable bonds is 6. The zero-order chi connectivity index (χ0) is 13.7. The van der Waals surface area contributed by atoms with Crippen molar-refractivity contribution in [3.8, 4) is 0 Å². The molecule has 1 aromatic rings. The first-order valence-corrected chi connectivity index (χ1v) is 8.27. The van der Waals surface area contributed by atoms with Crippen molar-refractivity contribution in [1.29, 1.82) is 0 Å². The van der Waals surface area contributed by atoms with Crippen molar-refractivity contribution >= 4 is 10.0 Å². The molecule has 2 rings (SSSR count). The number of ether oxygens (including phenoxy) is 1. The molecular formula is C14H21NO3S. The lowest BCUT2D eigenvalue weighted by molar-refractivity contribution is 0.149. The fourth-order valence-corrected chi connectivity index (χ4v) is 4.30. The Morgan fingerprint density at radius 2 is 2.05 bits per heavy atom. The molecule has 0 spiro atoms. The third kappa shape index (κ3) is 3.78. The topological polar surface area (TPSA) is 46.6 Å². The maximum atomic E-state index is 12.4. The van der Waals surface area contributed by atoms with E-state index in [2.05, 4.69) is 0 Å². The van der Waals surface area contributed by atoms with E-state index in [9.17, 15) is 8.42 Å². The minimum Gasteiger partial charge on any atom is -0.383 e. The summed E-state index contributed by atoms with van der Waals surface area (Å²) in [6.07, 6.45) is 2.40. The van der Waals surface area contributed by atoms with E-state index in [0.29, 0.717) is 19.6 Å². The van der Waals surface area contributed by atoms with Crippen LogP contribution in [0.25, 0.3) is 0 Å². The van der Waals surface area contributed by atoms with Crippen LogP contribution in [0.3, 0.4) is 0 Å². The molecule has 5 heteroatoms. The Labute approximate surface area is 115 Å². The van der Waals surface area contributed by atoms with Crippen LogP contribution >= 0.6 is 0 Å². The zero-order valence-corrected chi connectivity index (χ0v) is 12.1. The molecule has 1 aromatic carbocycles. The summed E-state index contributed by atoms with van der Waals surface area (Å²) in [4.78, 5) is 0. The highest BCUT2D eigenvalue weighted by Gasteiger charge is 2.33.